The predicted molar refractivity (Wildman–Crippen MR) is 210 cm³/mol. The van der Waals surface area contributed by atoms with E-state index in [0.717, 1.165) is 38.8 Å². The summed E-state index contributed by atoms with van der Waals surface area (Å²) >= 11 is 0. The summed E-state index contributed by atoms with van der Waals surface area (Å²) in [6.45, 7) is 11.1. The van der Waals surface area contributed by atoms with Crippen LogP contribution in [0.15, 0.2) is 0 Å². The first-order chi connectivity index (χ1) is 21.5. The third-order valence-electron chi connectivity index (χ3n) is 9.52. The molecule has 0 saturated carbocycles. The van der Waals surface area contributed by atoms with Crippen molar-refractivity contribution in [3.05, 3.63) is 38.9 Å². The topological polar surface area (TPSA) is 44.8 Å². The van der Waals surface area contributed by atoms with Gasteiger partial charge in [0.15, 0.2) is 0 Å². The summed E-state index contributed by atoms with van der Waals surface area (Å²) in [7, 11) is 56.8. The average molecular weight is 569 g/mol. The molecule has 4 rings (SSSR count). The number of rotatable bonds is 8. The van der Waals surface area contributed by atoms with Gasteiger partial charge in [0.25, 0.3) is 0 Å². The minimum absolute atomic E-state index is 0.153. The molecule has 0 atom stereocenters. The molecular weight excluding hydrogens is 548 g/mol. The van der Waals surface area contributed by atoms with E-state index in [2.05, 4.69) is 0 Å². The van der Waals surface area contributed by atoms with E-state index < -0.39 is 34.3 Å². The van der Waals surface area contributed by atoms with Gasteiger partial charge in [0, 0.05) is 0 Å². The van der Waals surface area contributed by atoms with Gasteiger partial charge in [0.05, 0.1) is 0 Å². The van der Waals surface area contributed by atoms with E-state index in [0.29, 0.717) is 51.0 Å². The molecule has 0 aromatic heterocycles. The van der Waals surface area contributed by atoms with Crippen LogP contribution in [-0.2, 0) is 18.4 Å². The fraction of sp³-hybridized carbons (Fsp3) is 0.280. The SMILES string of the molecule is [B][B]c1c([B])c(B=O)c(B2OB(c3c([B])c([B])c(C)c(C)c3B([B])[B])OB(c3c(C)c(C)c([B][B])c(C)c3B([B])[B])O2)c(C)c1C. The van der Waals surface area contributed by atoms with Crippen molar-refractivity contribution in [1.82, 2.24) is 0 Å². The third-order valence-corrected chi connectivity index (χ3v) is 9.52. The Kier molecular flexibility index (Phi) is 11.8. The van der Waals surface area contributed by atoms with Crippen molar-refractivity contribution in [2.45, 2.75) is 48.5 Å². The fourth-order valence-corrected chi connectivity index (χ4v) is 6.58. The monoisotopic (exact) mass is 572 g/mol. The van der Waals surface area contributed by atoms with Crippen molar-refractivity contribution in [2.75, 3.05) is 0 Å². The van der Waals surface area contributed by atoms with E-state index >= 15 is 0 Å². The van der Waals surface area contributed by atoms with Crippen LogP contribution in [0, 0.1) is 48.5 Å². The predicted octanol–water partition coefficient (Wildman–Crippen LogP) is -8.66. The van der Waals surface area contributed by atoms with Crippen molar-refractivity contribution in [1.29, 1.82) is 0 Å². The maximum absolute atomic E-state index is 12.6. The Morgan fingerprint density at radius 2 is 0.935 bits per heavy atom. The second-order valence-corrected chi connectivity index (χ2v) is 11.8. The first-order valence-corrected chi connectivity index (χ1v) is 14.8. The van der Waals surface area contributed by atoms with Gasteiger partial charge in [-0.1, -0.05) is 0 Å². The Morgan fingerprint density at radius 1 is 0.500 bits per heavy atom. The molecule has 21 heteroatoms. The van der Waals surface area contributed by atoms with Crippen LogP contribution in [0.2, 0.25) is 0 Å². The molecule has 1 aliphatic rings. The normalized spacial score (nSPS) is 13.1. The second-order valence-electron chi connectivity index (χ2n) is 11.8. The van der Waals surface area contributed by atoms with Crippen molar-refractivity contribution < 1.29 is 18.4 Å². The molecule has 0 amide bonds. The molecule has 0 bridgehead atoms. The zero-order valence-corrected chi connectivity index (χ0v) is 27.4. The number of hydrogen-bond donors (Lipinski definition) is 0. The third kappa shape index (κ3) is 6.20. The van der Waals surface area contributed by atoms with Crippen LogP contribution in [0.1, 0.15) is 38.9 Å². The number of hydrogen-bond acceptors (Lipinski definition) is 4. The summed E-state index contributed by atoms with van der Waals surface area (Å²) < 4.78 is 32.4. The maximum atomic E-state index is 12.6. The molecule has 3 aromatic carbocycles. The Hall–Kier alpha value is -1.56. The van der Waals surface area contributed by atoms with Crippen LogP contribution >= 0.6 is 0 Å². The van der Waals surface area contributed by atoms with E-state index in [4.69, 9.17) is 83.7 Å². The van der Waals surface area contributed by atoms with Crippen molar-refractivity contribution in [3.8, 4) is 0 Å². The fourth-order valence-electron chi connectivity index (χ4n) is 6.58. The van der Waals surface area contributed by atoms with Crippen LogP contribution in [0.25, 0.3) is 0 Å². The summed E-state index contributed by atoms with van der Waals surface area (Å²) in [6, 6.07) is 0. The molecule has 3 aromatic rings. The van der Waals surface area contributed by atoms with Gasteiger partial charge in [-0.15, -0.1) is 0 Å². The number of benzene rings is 3. The standard InChI is InChI=1S/C25H21B17O4/c1-8-11(4)22(38(31)32)25(16(27)15(8)26)42-45-40(21-12(5)10(3)19(36-30)17(28)20(21)37-43)44-41(46-42)24-13(6)9(2)18(35-29)14(7)23(24)39(33)34/h1-7H3. The van der Waals surface area contributed by atoms with Crippen LogP contribution in [0.4, 0.5) is 0 Å². The molecule has 196 valence electrons. The molecule has 0 aliphatic carbocycles. The first-order valence-electron chi connectivity index (χ1n) is 14.8. The van der Waals surface area contributed by atoms with Gasteiger partial charge in [0.2, 0.25) is 0 Å². The van der Waals surface area contributed by atoms with Crippen LogP contribution in [-0.4, -0.2) is 126 Å². The first kappa shape index (κ1) is 37.3. The molecule has 0 unspecified atom stereocenters. The molecule has 1 saturated heterocycles. The molecule has 0 N–H and O–H groups in total. The van der Waals surface area contributed by atoms with E-state index in [1.165, 1.54) is 14.3 Å². The van der Waals surface area contributed by atoms with Crippen LogP contribution in [0.5, 0.6) is 0 Å². The summed E-state index contributed by atoms with van der Waals surface area (Å²) in [5, 5.41) is 0. The van der Waals surface area contributed by atoms with Gasteiger partial charge in [-0.2, -0.15) is 0 Å². The average Bonchev–Trinajstić information content (AvgIpc) is 3.00. The van der Waals surface area contributed by atoms with Gasteiger partial charge in [0.1, 0.15) is 0 Å². The zero-order chi connectivity index (χ0) is 34.5. The molecule has 1 aliphatic heterocycles. The molecule has 20 radical (unpaired) electrons. The van der Waals surface area contributed by atoms with Gasteiger partial charge in [-0.05, 0) is 0 Å². The Morgan fingerprint density at radius 3 is 1.41 bits per heavy atom. The van der Waals surface area contributed by atoms with Gasteiger partial charge in [-0.3, -0.25) is 0 Å². The quantitative estimate of drug-likeness (QED) is 0.253. The molecule has 0 spiro atoms. The Bertz CT molecular complexity index is 1710. The second kappa shape index (κ2) is 14.5. The summed E-state index contributed by atoms with van der Waals surface area (Å²) in [4.78, 5) is 0. The van der Waals surface area contributed by atoms with E-state index in [-0.39, 0.29) is 16.4 Å². The molecule has 1 fully saturated rings. The van der Waals surface area contributed by atoms with Gasteiger partial charge >= 0.3 is 292 Å². The van der Waals surface area contributed by atoms with Gasteiger partial charge in [-0.25, -0.2) is 0 Å². The van der Waals surface area contributed by atoms with Crippen molar-refractivity contribution >= 4 is 186 Å². The zero-order valence-electron chi connectivity index (χ0n) is 27.4. The van der Waals surface area contributed by atoms with Crippen LogP contribution in [0.3, 0.4) is 0 Å². The van der Waals surface area contributed by atoms with Crippen molar-refractivity contribution in [3.63, 3.8) is 0 Å². The minimum atomic E-state index is -1.24. The molecular formula is C25H21B17O4. The van der Waals surface area contributed by atoms with E-state index in [1.807, 2.05) is 48.5 Å². The molecule has 1 heterocycles. The molecule has 4 nitrogen and oxygen atoms in total. The van der Waals surface area contributed by atoms with E-state index in [1.54, 1.807) is 0 Å². The summed E-state index contributed by atoms with van der Waals surface area (Å²) in [5.41, 5.74) is 9.81. The van der Waals surface area contributed by atoms with Gasteiger partial charge < -0.3 is 0 Å². The molecule has 46 heavy (non-hydrogen) atoms. The summed E-state index contributed by atoms with van der Waals surface area (Å²) in [6.07, 6.45) is 0. The summed E-state index contributed by atoms with van der Waals surface area (Å²) in [5.74, 6) is 0. The van der Waals surface area contributed by atoms with E-state index in [9.17, 15) is 4.70 Å². The van der Waals surface area contributed by atoms with Crippen LogP contribution < -0.4 is 60.1 Å². The Balaban J connectivity index is 2.10. The Labute approximate surface area is 290 Å². The van der Waals surface area contributed by atoms with Crippen molar-refractivity contribution in [2.24, 2.45) is 0 Å².